The molecule has 1 heterocycles. The topological polar surface area (TPSA) is 52.9 Å². The molecule has 2 atom stereocenters. The number of nitriles is 1. The Morgan fingerprint density at radius 1 is 1.27 bits per heavy atom. The fourth-order valence-electron chi connectivity index (χ4n) is 2.92. The van der Waals surface area contributed by atoms with Crippen molar-refractivity contribution < 1.29 is 4.79 Å². The number of carbonyl (C=O) groups is 1. The first-order valence-electron chi connectivity index (χ1n) is 6.00. The first-order valence-corrected chi connectivity index (χ1v) is 6.00. The van der Waals surface area contributed by atoms with Crippen molar-refractivity contribution in [1.29, 1.82) is 5.26 Å². The second-order valence-electron chi connectivity index (χ2n) is 4.77. The molecule has 15 heavy (non-hydrogen) atoms. The van der Waals surface area contributed by atoms with Gasteiger partial charge in [0.2, 0.25) is 5.91 Å². The Labute approximate surface area is 90.8 Å². The van der Waals surface area contributed by atoms with Gasteiger partial charge >= 0.3 is 0 Å². The molecule has 0 aromatic heterocycles. The van der Waals surface area contributed by atoms with Crippen LogP contribution in [-0.4, -0.2) is 11.9 Å². The Bertz CT molecular complexity index is 276. The Morgan fingerprint density at radius 2 is 2.00 bits per heavy atom. The predicted octanol–water partition coefficient (Wildman–Crippen LogP) is 1.99. The molecule has 1 aliphatic heterocycles. The fourth-order valence-corrected chi connectivity index (χ4v) is 2.92. The Hall–Kier alpha value is -1.04. The van der Waals surface area contributed by atoms with Gasteiger partial charge in [-0.15, -0.1) is 0 Å². The lowest BCUT2D eigenvalue weighted by molar-refractivity contribution is -0.119. The maximum atomic E-state index is 11.1. The first-order chi connectivity index (χ1) is 7.31. The standard InChI is InChI=1S/C12H18N2O/c13-8-10(9-4-2-1-3-5-9)11-6-7-12(15)14-11/h9-11H,1-7H2,(H,14,15). The van der Waals surface area contributed by atoms with E-state index in [0.717, 1.165) is 6.42 Å². The van der Waals surface area contributed by atoms with Crippen molar-refractivity contribution in [2.24, 2.45) is 11.8 Å². The van der Waals surface area contributed by atoms with Gasteiger partial charge in [0.05, 0.1) is 12.0 Å². The molecule has 0 bridgehead atoms. The molecule has 3 nitrogen and oxygen atoms in total. The highest BCUT2D eigenvalue weighted by Gasteiger charge is 2.34. The third-order valence-electron chi connectivity index (χ3n) is 3.77. The summed E-state index contributed by atoms with van der Waals surface area (Å²) in [7, 11) is 0. The third kappa shape index (κ3) is 2.31. The van der Waals surface area contributed by atoms with E-state index in [2.05, 4.69) is 11.4 Å². The van der Waals surface area contributed by atoms with Crippen LogP contribution < -0.4 is 5.32 Å². The van der Waals surface area contributed by atoms with Crippen molar-refractivity contribution in [1.82, 2.24) is 5.32 Å². The van der Waals surface area contributed by atoms with E-state index in [0.29, 0.717) is 12.3 Å². The van der Waals surface area contributed by atoms with E-state index in [-0.39, 0.29) is 17.9 Å². The summed E-state index contributed by atoms with van der Waals surface area (Å²) in [5, 5.41) is 12.2. The zero-order chi connectivity index (χ0) is 10.7. The quantitative estimate of drug-likeness (QED) is 0.751. The van der Waals surface area contributed by atoms with Crippen LogP contribution in [-0.2, 0) is 4.79 Å². The average molecular weight is 206 g/mol. The molecule has 2 fully saturated rings. The molecule has 1 aliphatic carbocycles. The second-order valence-corrected chi connectivity index (χ2v) is 4.77. The molecular formula is C12H18N2O. The van der Waals surface area contributed by atoms with Gasteiger partial charge in [0.1, 0.15) is 0 Å². The van der Waals surface area contributed by atoms with Crippen molar-refractivity contribution in [2.75, 3.05) is 0 Å². The van der Waals surface area contributed by atoms with E-state index in [1.165, 1.54) is 32.1 Å². The molecule has 3 heteroatoms. The predicted molar refractivity (Wildman–Crippen MR) is 56.8 cm³/mol. The molecule has 1 saturated carbocycles. The second kappa shape index (κ2) is 4.65. The number of nitrogens with zero attached hydrogens (tertiary/aromatic N) is 1. The molecule has 82 valence electrons. The van der Waals surface area contributed by atoms with Crippen LogP contribution in [0.3, 0.4) is 0 Å². The molecule has 0 radical (unpaired) electrons. The van der Waals surface area contributed by atoms with Gasteiger partial charge in [-0.3, -0.25) is 4.79 Å². The minimum Gasteiger partial charge on any atom is -0.352 e. The molecular weight excluding hydrogens is 188 g/mol. The minimum absolute atomic E-state index is 0.0525. The van der Waals surface area contributed by atoms with Crippen LogP contribution in [0.2, 0.25) is 0 Å². The Kier molecular flexibility index (Phi) is 3.25. The molecule has 0 aromatic rings. The molecule has 0 spiro atoms. The molecule has 0 aromatic carbocycles. The normalized spacial score (nSPS) is 29.5. The van der Waals surface area contributed by atoms with E-state index >= 15 is 0 Å². The number of rotatable bonds is 2. The number of hydrogen-bond acceptors (Lipinski definition) is 2. The van der Waals surface area contributed by atoms with Crippen LogP contribution in [0.15, 0.2) is 0 Å². The summed E-state index contributed by atoms with van der Waals surface area (Å²) < 4.78 is 0. The van der Waals surface area contributed by atoms with Crippen molar-refractivity contribution in [3.8, 4) is 6.07 Å². The maximum absolute atomic E-state index is 11.1. The monoisotopic (exact) mass is 206 g/mol. The van der Waals surface area contributed by atoms with Crippen molar-refractivity contribution in [3.63, 3.8) is 0 Å². The van der Waals surface area contributed by atoms with E-state index < -0.39 is 0 Å². The molecule has 1 amide bonds. The fraction of sp³-hybridized carbons (Fsp3) is 0.833. The Morgan fingerprint density at radius 3 is 2.53 bits per heavy atom. The molecule has 1 N–H and O–H groups in total. The smallest absolute Gasteiger partial charge is 0.220 e. The van der Waals surface area contributed by atoms with Crippen LogP contribution in [0.4, 0.5) is 0 Å². The van der Waals surface area contributed by atoms with Gasteiger partial charge in [-0.05, 0) is 25.2 Å². The number of nitrogens with one attached hydrogen (secondary N) is 1. The summed E-state index contributed by atoms with van der Waals surface area (Å²) in [4.78, 5) is 11.1. The lowest BCUT2D eigenvalue weighted by atomic mass is 9.77. The van der Waals surface area contributed by atoms with Gasteiger partial charge in [0, 0.05) is 12.5 Å². The van der Waals surface area contributed by atoms with Gasteiger partial charge in [-0.25, -0.2) is 0 Å². The largest absolute Gasteiger partial charge is 0.352 e. The maximum Gasteiger partial charge on any atom is 0.220 e. The molecule has 2 aliphatic rings. The third-order valence-corrected chi connectivity index (χ3v) is 3.77. The van der Waals surface area contributed by atoms with Crippen molar-refractivity contribution in [3.05, 3.63) is 0 Å². The highest BCUT2D eigenvalue weighted by atomic mass is 16.1. The van der Waals surface area contributed by atoms with Gasteiger partial charge in [-0.2, -0.15) is 5.26 Å². The van der Waals surface area contributed by atoms with Gasteiger partial charge in [-0.1, -0.05) is 19.3 Å². The van der Waals surface area contributed by atoms with Gasteiger partial charge < -0.3 is 5.32 Å². The van der Waals surface area contributed by atoms with E-state index in [4.69, 9.17) is 0 Å². The van der Waals surface area contributed by atoms with Crippen LogP contribution in [0.5, 0.6) is 0 Å². The zero-order valence-electron chi connectivity index (χ0n) is 9.04. The SMILES string of the molecule is N#CC(C1CCCCC1)C1CCC(=O)N1. The van der Waals surface area contributed by atoms with Crippen LogP contribution in [0.25, 0.3) is 0 Å². The Balaban J connectivity index is 1.97. The van der Waals surface area contributed by atoms with Crippen molar-refractivity contribution >= 4 is 5.91 Å². The van der Waals surface area contributed by atoms with Gasteiger partial charge in [0.25, 0.3) is 0 Å². The summed E-state index contributed by atoms with van der Waals surface area (Å²) in [5.41, 5.74) is 0. The lowest BCUT2D eigenvalue weighted by Gasteiger charge is -2.29. The van der Waals surface area contributed by atoms with Crippen LogP contribution in [0.1, 0.15) is 44.9 Å². The van der Waals surface area contributed by atoms with Crippen LogP contribution in [0, 0.1) is 23.2 Å². The summed E-state index contributed by atoms with van der Waals surface area (Å²) in [6.07, 6.45) is 7.62. The van der Waals surface area contributed by atoms with E-state index in [1.807, 2.05) is 0 Å². The van der Waals surface area contributed by atoms with Gasteiger partial charge in [0.15, 0.2) is 0 Å². The lowest BCUT2D eigenvalue weighted by Crippen LogP contribution is -2.36. The molecule has 2 rings (SSSR count). The van der Waals surface area contributed by atoms with E-state index in [9.17, 15) is 10.1 Å². The molecule has 1 saturated heterocycles. The average Bonchev–Trinajstić information content (AvgIpc) is 2.68. The highest BCUT2D eigenvalue weighted by Crippen LogP contribution is 2.33. The summed E-state index contributed by atoms with van der Waals surface area (Å²) in [5.74, 6) is 0.694. The number of carbonyl (C=O) groups excluding carboxylic acids is 1. The zero-order valence-corrected chi connectivity index (χ0v) is 9.04. The number of hydrogen-bond donors (Lipinski definition) is 1. The van der Waals surface area contributed by atoms with Crippen molar-refractivity contribution in [2.45, 2.75) is 51.0 Å². The van der Waals surface area contributed by atoms with E-state index in [1.54, 1.807) is 0 Å². The first kappa shape index (κ1) is 10.5. The summed E-state index contributed by atoms with van der Waals surface area (Å²) in [6, 6.07) is 2.55. The molecule has 2 unspecified atom stereocenters. The minimum atomic E-state index is 0.0525. The van der Waals surface area contributed by atoms with Crippen LogP contribution >= 0.6 is 0 Å². The summed E-state index contributed by atoms with van der Waals surface area (Å²) >= 11 is 0. The summed E-state index contributed by atoms with van der Waals surface area (Å²) in [6.45, 7) is 0. The number of amides is 1. The highest BCUT2D eigenvalue weighted by molar-refractivity contribution is 5.78.